The number of likely N-dealkylation sites (tertiary alicyclic amines) is 1. The number of anilines is 2. The maximum atomic E-state index is 12.7. The third-order valence-electron chi connectivity index (χ3n) is 5.74. The van der Waals surface area contributed by atoms with Gasteiger partial charge in [0.25, 0.3) is 11.6 Å². The molecule has 0 aromatic heterocycles. The van der Waals surface area contributed by atoms with Crippen LogP contribution in [0.1, 0.15) is 36.0 Å². The lowest BCUT2D eigenvalue weighted by Gasteiger charge is -2.31. The molecule has 1 aliphatic heterocycles. The zero-order valence-electron chi connectivity index (χ0n) is 17.8. The quantitative estimate of drug-likeness (QED) is 0.432. The van der Waals surface area contributed by atoms with Crippen molar-refractivity contribution < 1.29 is 14.5 Å². The van der Waals surface area contributed by atoms with Gasteiger partial charge in [0.1, 0.15) is 5.69 Å². The average molecular weight is 438 g/mol. The molecular formula is C23H27N5O4. The summed E-state index contributed by atoms with van der Waals surface area (Å²) in [7, 11) is 0. The molecule has 3 N–H and O–H groups in total. The Bertz CT molecular complexity index is 985. The number of hydrogen-bond donors (Lipinski definition) is 3. The number of nitro groups is 1. The summed E-state index contributed by atoms with van der Waals surface area (Å²) in [6, 6.07) is 14.2. The van der Waals surface area contributed by atoms with Crippen LogP contribution < -0.4 is 16.0 Å². The molecule has 1 saturated heterocycles. The number of carbonyl (C=O) groups excluding carboxylic acids is 2. The average Bonchev–Trinajstić information content (AvgIpc) is 3.60. The number of para-hydroxylation sites is 1. The number of rotatable bonds is 8. The molecule has 0 radical (unpaired) electrons. The van der Waals surface area contributed by atoms with Gasteiger partial charge in [-0.15, -0.1) is 0 Å². The first-order valence-corrected chi connectivity index (χ1v) is 10.9. The van der Waals surface area contributed by atoms with E-state index in [1.54, 1.807) is 12.1 Å². The molecular weight excluding hydrogens is 410 g/mol. The van der Waals surface area contributed by atoms with Crippen molar-refractivity contribution in [3.05, 3.63) is 64.2 Å². The summed E-state index contributed by atoms with van der Waals surface area (Å²) in [5.41, 5.74) is 1.43. The minimum Gasteiger partial charge on any atom is -0.377 e. The van der Waals surface area contributed by atoms with Gasteiger partial charge in [-0.05, 0) is 49.9 Å². The fourth-order valence-corrected chi connectivity index (χ4v) is 3.82. The second-order valence-corrected chi connectivity index (χ2v) is 8.35. The van der Waals surface area contributed by atoms with Gasteiger partial charge in [-0.1, -0.05) is 18.2 Å². The molecule has 2 aromatic carbocycles. The van der Waals surface area contributed by atoms with Crippen LogP contribution >= 0.6 is 0 Å². The fraction of sp³-hybridized carbons (Fsp3) is 0.391. The Hall–Kier alpha value is -3.46. The molecule has 2 fully saturated rings. The number of benzene rings is 2. The van der Waals surface area contributed by atoms with Gasteiger partial charge in [0.15, 0.2) is 0 Å². The van der Waals surface area contributed by atoms with E-state index in [2.05, 4.69) is 20.9 Å². The van der Waals surface area contributed by atoms with Crippen molar-refractivity contribution >= 4 is 28.9 Å². The Morgan fingerprint density at radius 2 is 1.72 bits per heavy atom. The Kier molecular flexibility index (Phi) is 6.65. The van der Waals surface area contributed by atoms with Crippen LogP contribution in [0.2, 0.25) is 0 Å². The highest BCUT2D eigenvalue weighted by atomic mass is 16.6. The van der Waals surface area contributed by atoms with Gasteiger partial charge in [-0.25, -0.2) is 0 Å². The van der Waals surface area contributed by atoms with Gasteiger partial charge in [0.05, 0.1) is 11.5 Å². The Morgan fingerprint density at radius 3 is 2.38 bits per heavy atom. The van der Waals surface area contributed by atoms with Crippen LogP contribution in [-0.4, -0.2) is 53.4 Å². The highest BCUT2D eigenvalue weighted by molar-refractivity contribution is 5.96. The number of nitrogens with zero attached hydrogens (tertiary/aromatic N) is 2. The summed E-state index contributed by atoms with van der Waals surface area (Å²) in [6.45, 7) is 1.69. The first-order valence-electron chi connectivity index (χ1n) is 10.9. The van der Waals surface area contributed by atoms with Gasteiger partial charge in [-0.2, -0.15) is 0 Å². The van der Waals surface area contributed by atoms with Crippen molar-refractivity contribution in [1.82, 2.24) is 10.2 Å². The monoisotopic (exact) mass is 437 g/mol. The van der Waals surface area contributed by atoms with E-state index in [4.69, 9.17) is 0 Å². The molecule has 1 aliphatic carbocycles. The third kappa shape index (κ3) is 5.82. The van der Waals surface area contributed by atoms with Crippen LogP contribution in [0.3, 0.4) is 0 Å². The van der Waals surface area contributed by atoms with E-state index in [-0.39, 0.29) is 35.1 Å². The molecule has 1 heterocycles. The van der Waals surface area contributed by atoms with Crippen molar-refractivity contribution in [3.63, 3.8) is 0 Å². The van der Waals surface area contributed by atoms with Gasteiger partial charge in [0, 0.05) is 42.5 Å². The molecule has 2 aliphatic rings. The molecule has 0 spiro atoms. The highest BCUT2D eigenvalue weighted by Gasteiger charge is 2.27. The molecule has 0 atom stereocenters. The fourth-order valence-electron chi connectivity index (χ4n) is 3.82. The summed E-state index contributed by atoms with van der Waals surface area (Å²) >= 11 is 0. The van der Waals surface area contributed by atoms with Crippen molar-refractivity contribution in [3.8, 4) is 0 Å². The van der Waals surface area contributed by atoms with Crippen LogP contribution in [0.4, 0.5) is 17.1 Å². The Morgan fingerprint density at radius 1 is 1.00 bits per heavy atom. The molecule has 2 aromatic rings. The summed E-state index contributed by atoms with van der Waals surface area (Å²) in [5, 5.41) is 20.4. The lowest BCUT2D eigenvalue weighted by atomic mass is 10.0. The second-order valence-electron chi connectivity index (χ2n) is 8.35. The van der Waals surface area contributed by atoms with Crippen molar-refractivity contribution in [2.24, 2.45) is 0 Å². The van der Waals surface area contributed by atoms with E-state index >= 15 is 0 Å². The molecule has 0 unspecified atom stereocenters. The van der Waals surface area contributed by atoms with E-state index in [9.17, 15) is 19.7 Å². The SMILES string of the molecule is O=C(CN1CCC(NC(=O)c2ccc(NC3CC3)c([N+](=O)[O-])c2)CC1)Nc1ccccc1. The van der Waals surface area contributed by atoms with E-state index in [0.717, 1.165) is 18.5 Å². The predicted molar refractivity (Wildman–Crippen MR) is 122 cm³/mol. The zero-order chi connectivity index (χ0) is 22.5. The van der Waals surface area contributed by atoms with Crippen LogP contribution in [0.5, 0.6) is 0 Å². The van der Waals surface area contributed by atoms with E-state index < -0.39 is 4.92 Å². The first-order chi connectivity index (χ1) is 15.5. The summed E-state index contributed by atoms with van der Waals surface area (Å²) in [4.78, 5) is 37.9. The lowest BCUT2D eigenvalue weighted by Crippen LogP contribution is -2.46. The van der Waals surface area contributed by atoms with Crippen LogP contribution in [0.15, 0.2) is 48.5 Å². The largest absolute Gasteiger partial charge is 0.377 e. The van der Waals surface area contributed by atoms with Gasteiger partial charge >= 0.3 is 0 Å². The highest BCUT2D eigenvalue weighted by Crippen LogP contribution is 2.31. The van der Waals surface area contributed by atoms with E-state index in [0.29, 0.717) is 38.2 Å². The normalized spacial score (nSPS) is 16.9. The van der Waals surface area contributed by atoms with Gasteiger partial charge in [-0.3, -0.25) is 24.6 Å². The summed E-state index contributed by atoms with van der Waals surface area (Å²) < 4.78 is 0. The van der Waals surface area contributed by atoms with Crippen molar-refractivity contribution in [1.29, 1.82) is 0 Å². The maximum absolute atomic E-state index is 12.7. The van der Waals surface area contributed by atoms with Crippen molar-refractivity contribution in [2.45, 2.75) is 37.8 Å². The molecule has 4 rings (SSSR count). The Balaban J connectivity index is 1.26. The minimum atomic E-state index is -0.458. The van der Waals surface area contributed by atoms with E-state index in [1.807, 2.05) is 30.3 Å². The smallest absolute Gasteiger partial charge is 0.293 e. The topological polar surface area (TPSA) is 117 Å². The number of hydrogen-bond acceptors (Lipinski definition) is 6. The molecule has 32 heavy (non-hydrogen) atoms. The zero-order valence-corrected chi connectivity index (χ0v) is 17.8. The predicted octanol–water partition coefficient (Wildman–Crippen LogP) is 3.00. The number of nitro benzene ring substituents is 1. The number of carbonyl (C=O) groups is 2. The minimum absolute atomic E-state index is 0.0285. The van der Waals surface area contributed by atoms with Gasteiger partial charge < -0.3 is 16.0 Å². The number of piperidine rings is 1. The molecule has 9 nitrogen and oxygen atoms in total. The molecule has 1 saturated carbocycles. The lowest BCUT2D eigenvalue weighted by molar-refractivity contribution is -0.384. The van der Waals surface area contributed by atoms with E-state index in [1.165, 1.54) is 6.07 Å². The number of nitrogens with one attached hydrogen (secondary N) is 3. The standard InChI is InChI=1S/C23H27N5O4/c29-22(25-17-4-2-1-3-5-17)15-27-12-10-19(11-13-27)26-23(30)16-6-9-20(24-18-7-8-18)21(14-16)28(31)32/h1-6,9,14,18-19,24H,7-8,10-13,15H2,(H,25,29)(H,26,30). The van der Waals surface area contributed by atoms with Gasteiger partial charge in [0.2, 0.25) is 5.91 Å². The summed E-state index contributed by atoms with van der Waals surface area (Å²) in [6.07, 6.45) is 3.44. The first kappa shape index (κ1) is 21.8. The van der Waals surface area contributed by atoms with Crippen LogP contribution in [0, 0.1) is 10.1 Å². The van der Waals surface area contributed by atoms with Crippen LogP contribution in [0.25, 0.3) is 0 Å². The summed E-state index contributed by atoms with van der Waals surface area (Å²) in [5.74, 6) is -0.378. The van der Waals surface area contributed by atoms with Crippen molar-refractivity contribution in [2.75, 3.05) is 30.3 Å². The van der Waals surface area contributed by atoms with Crippen LogP contribution in [-0.2, 0) is 4.79 Å². The third-order valence-corrected chi connectivity index (χ3v) is 5.74. The molecule has 0 bridgehead atoms. The second kappa shape index (κ2) is 9.78. The molecule has 9 heteroatoms. The maximum Gasteiger partial charge on any atom is 0.293 e. The Labute approximate surface area is 186 Å². The molecule has 2 amide bonds. The molecule has 168 valence electrons. The number of amides is 2.